The third kappa shape index (κ3) is 3.94. The molecule has 0 spiro atoms. The molecule has 1 fully saturated rings. The molecule has 3 heterocycles. The number of para-hydroxylation sites is 2. The molecule has 2 aromatic heterocycles. The SMILES string of the molecule is COc1ccccc1Nc1cc(-c2cnc(N)nc2)nc(N2CCOCC2)n1. The first-order chi connectivity index (χ1) is 13.7. The minimum atomic E-state index is 0.221. The van der Waals surface area contributed by atoms with Crippen molar-refractivity contribution < 1.29 is 9.47 Å². The van der Waals surface area contributed by atoms with E-state index in [4.69, 9.17) is 25.2 Å². The molecular weight excluding hydrogens is 358 g/mol. The summed E-state index contributed by atoms with van der Waals surface area (Å²) in [6, 6.07) is 9.53. The van der Waals surface area contributed by atoms with Crippen LogP contribution in [-0.2, 0) is 4.74 Å². The first-order valence-electron chi connectivity index (χ1n) is 8.92. The summed E-state index contributed by atoms with van der Waals surface area (Å²) < 4.78 is 10.9. The molecule has 1 aromatic carbocycles. The van der Waals surface area contributed by atoms with E-state index in [1.165, 1.54) is 0 Å². The fourth-order valence-electron chi connectivity index (χ4n) is 2.91. The molecule has 0 bridgehead atoms. The van der Waals surface area contributed by atoms with Crippen LogP contribution in [0.2, 0.25) is 0 Å². The Morgan fingerprint density at radius 2 is 1.86 bits per heavy atom. The van der Waals surface area contributed by atoms with E-state index in [0.717, 1.165) is 30.1 Å². The van der Waals surface area contributed by atoms with Crippen molar-refractivity contribution >= 4 is 23.4 Å². The maximum Gasteiger partial charge on any atom is 0.228 e. The molecule has 0 radical (unpaired) electrons. The van der Waals surface area contributed by atoms with Crippen LogP contribution in [0, 0.1) is 0 Å². The van der Waals surface area contributed by atoms with E-state index in [0.29, 0.717) is 30.7 Å². The molecule has 0 atom stereocenters. The molecule has 144 valence electrons. The lowest BCUT2D eigenvalue weighted by Crippen LogP contribution is -2.37. The molecular formula is C19H21N7O2. The molecule has 9 nitrogen and oxygen atoms in total. The number of aromatic nitrogens is 4. The maximum absolute atomic E-state index is 5.61. The van der Waals surface area contributed by atoms with Gasteiger partial charge in [0.05, 0.1) is 31.7 Å². The minimum Gasteiger partial charge on any atom is -0.495 e. The number of ether oxygens (including phenoxy) is 2. The molecule has 3 N–H and O–H groups in total. The van der Waals surface area contributed by atoms with Gasteiger partial charge in [-0.3, -0.25) is 0 Å². The first kappa shape index (κ1) is 17.9. The van der Waals surface area contributed by atoms with Crippen LogP contribution >= 0.6 is 0 Å². The summed E-state index contributed by atoms with van der Waals surface area (Å²) in [5.41, 5.74) is 7.89. The van der Waals surface area contributed by atoms with E-state index in [1.807, 2.05) is 30.3 Å². The molecule has 0 amide bonds. The van der Waals surface area contributed by atoms with E-state index in [2.05, 4.69) is 20.2 Å². The van der Waals surface area contributed by atoms with Crippen LogP contribution in [0.3, 0.4) is 0 Å². The molecule has 28 heavy (non-hydrogen) atoms. The van der Waals surface area contributed by atoms with Gasteiger partial charge in [0.1, 0.15) is 11.6 Å². The van der Waals surface area contributed by atoms with Crippen LogP contribution in [-0.4, -0.2) is 53.3 Å². The van der Waals surface area contributed by atoms with Gasteiger partial charge in [0.15, 0.2) is 0 Å². The number of anilines is 4. The molecule has 3 aromatic rings. The minimum absolute atomic E-state index is 0.221. The number of nitrogens with one attached hydrogen (secondary N) is 1. The Morgan fingerprint density at radius 1 is 1.11 bits per heavy atom. The van der Waals surface area contributed by atoms with E-state index in [-0.39, 0.29) is 5.95 Å². The van der Waals surface area contributed by atoms with E-state index < -0.39 is 0 Å². The maximum atomic E-state index is 5.61. The Bertz CT molecular complexity index is 943. The Labute approximate surface area is 162 Å². The van der Waals surface area contributed by atoms with Crippen LogP contribution in [0.1, 0.15) is 0 Å². The normalized spacial score (nSPS) is 14.0. The van der Waals surface area contributed by atoms with Crippen molar-refractivity contribution in [1.29, 1.82) is 0 Å². The van der Waals surface area contributed by atoms with Gasteiger partial charge in [0.25, 0.3) is 0 Å². The molecule has 1 aliphatic heterocycles. The second-order valence-electron chi connectivity index (χ2n) is 6.19. The number of hydrogen-bond acceptors (Lipinski definition) is 9. The lowest BCUT2D eigenvalue weighted by Gasteiger charge is -2.27. The molecule has 9 heteroatoms. The van der Waals surface area contributed by atoms with Crippen LogP contribution in [0.5, 0.6) is 5.75 Å². The Balaban J connectivity index is 1.73. The summed E-state index contributed by atoms with van der Waals surface area (Å²) in [5.74, 6) is 2.22. The number of methoxy groups -OCH3 is 1. The Morgan fingerprint density at radius 3 is 2.61 bits per heavy atom. The van der Waals surface area contributed by atoms with E-state index >= 15 is 0 Å². The summed E-state index contributed by atoms with van der Waals surface area (Å²) in [5, 5.41) is 3.32. The number of nitrogen functional groups attached to an aromatic ring is 1. The fourth-order valence-corrected chi connectivity index (χ4v) is 2.91. The van der Waals surface area contributed by atoms with Crippen LogP contribution in [0.15, 0.2) is 42.7 Å². The van der Waals surface area contributed by atoms with Crippen LogP contribution in [0.4, 0.5) is 23.4 Å². The third-order valence-corrected chi connectivity index (χ3v) is 4.35. The second kappa shape index (κ2) is 8.05. The highest BCUT2D eigenvalue weighted by molar-refractivity contribution is 5.69. The Kier molecular flexibility index (Phi) is 5.16. The fraction of sp³-hybridized carbons (Fsp3) is 0.263. The summed E-state index contributed by atoms with van der Waals surface area (Å²) in [6.45, 7) is 2.76. The van der Waals surface area contributed by atoms with Gasteiger partial charge < -0.3 is 25.4 Å². The highest BCUT2D eigenvalue weighted by Crippen LogP contribution is 2.29. The zero-order chi connectivity index (χ0) is 19.3. The van der Waals surface area contributed by atoms with Crippen molar-refractivity contribution in [3.63, 3.8) is 0 Å². The second-order valence-corrected chi connectivity index (χ2v) is 6.19. The van der Waals surface area contributed by atoms with Crippen molar-refractivity contribution in [2.24, 2.45) is 0 Å². The van der Waals surface area contributed by atoms with Gasteiger partial charge in [-0.2, -0.15) is 4.98 Å². The third-order valence-electron chi connectivity index (χ3n) is 4.35. The number of hydrogen-bond donors (Lipinski definition) is 2. The molecule has 1 aliphatic rings. The summed E-state index contributed by atoms with van der Waals surface area (Å²) >= 11 is 0. The zero-order valence-corrected chi connectivity index (χ0v) is 15.5. The van der Waals surface area contributed by atoms with Crippen LogP contribution in [0.25, 0.3) is 11.3 Å². The molecule has 4 rings (SSSR count). The predicted molar refractivity (Wildman–Crippen MR) is 107 cm³/mol. The van der Waals surface area contributed by atoms with E-state index in [9.17, 15) is 0 Å². The van der Waals surface area contributed by atoms with Gasteiger partial charge >= 0.3 is 0 Å². The average molecular weight is 379 g/mol. The topological polar surface area (TPSA) is 111 Å². The lowest BCUT2D eigenvalue weighted by molar-refractivity contribution is 0.122. The summed E-state index contributed by atoms with van der Waals surface area (Å²) in [6.07, 6.45) is 3.31. The Hall–Kier alpha value is -3.46. The number of rotatable bonds is 5. The average Bonchev–Trinajstić information content (AvgIpc) is 2.75. The van der Waals surface area contributed by atoms with Crippen molar-refractivity contribution in [3.05, 3.63) is 42.7 Å². The molecule has 0 unspecified atom stereocenters. The van der Waals surface area contributed by atoms with Gasteiger partial charge in [-0.15, -0.1) is 0 Å². The molecule has 0 saturated carbocycles. The van der Waals surface area contributed by atoms with E-state index in [1.54, 1.807) is 19.5 Å². The number of benzene rings is 1. The highest BCUT2D eigenvalue weighted by Gasteiger charge is 2.17. The van der Waals surface area contributed by atoms with Gasteiger partial charge in [-0.05, 0) is 12.1 Å². The van der Waals surface area contributed by atoms with Gasteiger partial charge in [0, 0.05) is 37.1 Å². The quantitative estimate of drug-likeness (QED) is 0.688. The molecule has 0 aliphatic carbocycles. The predicted octanol–water partition coefficient (Wildman–Crippen LogP) is 2.10. The lowest BCUT2D eigenvalue weighted by atomic mass is 10.2. The number of nitrogens with two attached hydrogens (primary N) is 1. The number of morpholine rings is 1. The largest absolute Gasteiger partial charge is 0.495 e. The van der Waals surface area contributed by atoms with Crippen molar-refractivity contribution in [2.45, 2.75) is 0 Å². The van der Waals surface area contributed by atoms with Gasteiger partial charge in [-0.1, -0.05) is 12.1 Å². The summed E-state index contributed by atoms with van der Waals surface area (Å²) in [4.78, 5) is 19.6. The van der Waals surface area contributed by atoms with Gasteiger partial charge in [0.2, 0.25) is 11.9 Å². The highest BCUT2D eigenvalue weighted by atomic mass is 16.5. The zero-order valence-electron chi connectivity index (χ0n) is 15.5. The monoisotopic (exact) mass is 379 g/mol. The molecule has 1 saturated heterocycles. The standard InChI is InChI=1S/C19H21N7O2/c1-27-16-5-3-2-4-14(16)23-17-10-15(13-11-21-18(20)22-12-13)24-19(25-17)26-6-8-28-9-7-26/h2-5,10-12H,6-9H2,1H3,(H2,20,21,22)(H,23,24,25). The van der Waals surface area contributed by atoms with Gasteiger partial charge in [-0.25, -0.2) is 15.0 Å². The first-order valence-corrected chi connectivity index (χ1v) is 8.92. The number of nitrogens with zero attached hydrogens (tertiary/aromatic N) is 5. The summed E-state index contributed by atoms with van der Waals surface area (Å²) in [7, 11) is 1.64. The smallest absolute Gasteiger partial charge is 0.228 e. The van der Waals surface area contributed by atoms with Crippen molar-refractivity contribution in [3.8, 4) is 17.0 Å². The van der Waals surface area contributed by atoms with Crippen LogP contribution < -0.4 is 20.7 Å². The van der Waals surface area contributed by atoms with Crippen molar-refractivity contribution in [2.75, 3.05) is 49.4 Å². The van der Waals surface area contributed by atoms with Crippen molar-refractivity contribution in [1.82, 2.24) is 19.9 Å².